The lowest BCUT2D eigenvalue weighted by atomic mass is 10.0. The fourth-order valence-corrected chi connectivity index (χ4v) is 6.63. The van der Waals surface area contributed by atoms with Gasteiger partial charge in [0.05, 0.1) is 11.1 Å². The number of aryl methyl sites for hydroxylation is 1. The van der Waals surface area contributed by atoms with Gasteiger partial charge in [-0.25, -0.2) is 0 Å². The smallest absolute Gasteiger partial charge is 0.416 e. The van der Waals surface area contributed by atoms with Crippen LogP contribution in [-0.4, -0.2) is 13.1 Å². The van der Waals surface area contributed by atoms with E-state index in [-0.39, 0.29) is 29.1 Å². The van der Waals surface area contributed by atoms with Crippen molar-refractivity contribution in [2.45, 2.75) is 82.9 Å². The van der Waals surface area contributed by atoms with Crippen LogP contribution in [0.2, 0.25) is 17.1 Å². The van der Waals surface area contributed by atoms with Crippen LogP contribution in [0, 0.1) is 0 Å². The molecule has 1 aromatic carbocycles. The summed E-state index contributed by atoms with van der Waals surface area (Å²) in [7, 11) is -2.40. The van der Waals surface area contributed by atoms with E-state index >= 15 is 0 Å². The molecule has 0 fully saturated rings. The molecule has 1 N–H and O–H groups in total. The third-order valence-electron chi connectivity index (χ3n) is 5.19. The molecule has 0 unspecified atom stereocenters. The second kappa shape index (κ2) is 8.98. The molecule has 8 heteroatoms. The molecule has 0 heterocycles. The number of unbranched alkanes of at least 4 members (excludes halogenated alkanes) is 2. The molecule has 0 aliphatic rings. The second-order valence-electron chi connectivity index (χ2n) is 7.78. The molecule has 0 bridgehead atoms. The van der Waals surface area contributed by atoms with E-state index < -0.39 is 31.8 Å². The lowest BCUT2D eigenvalue weighted by Gasteiger charge is -2.33. The number of alkyl halides is 6. The average Bonchev–Trinajstić information content (AvgIpc) is 2.51. The van der Waals surface area contributed by atoms with E-state index in [1.165, 1.54) is 0 Å². The van der Waals surface area contributed by atoms with Gasteiger partial charge >= 0.3 is 12.4 Å². The van der Waals surface area contributed by atoms with Crippen LogP contribution in [0.15, 0.2) is 18.2 Å². The van der Waals surface area contributed by atoms with Crippen LogP contribution in [0.3, 0.4) is 0 Å². The first-order valence-corrected chi connectivity index (χ1v) is 11.5. The van der Waals surface area contributed by atoms with Crippen molar-refractivity contribution >= 4 is 8.32 Å². The number of halogens is 6. The van der Waals surface area contributed by atoms with Crippen molar-refractivity contribution in [2.75, 3.05) is 0 Å². The van der Waals surface area contributed by atoms with Crippen LogP contribution in [0.5, 0.6) is 0 Å². The summed E-state index contributed by atoms with van der Waals surface area (Å²) in [6.45, 7) is 7.97. The normalized spacial score (nSPS) is 13.7. The molecule has 0 aromatic heterocycles. The van der Waals surface area contributed by atoms with Gasteiger partial charge < -0.3 is 4.80 Å². The molecule has 0 radical (unpaired) electrons. The zero-order valence-electron chi connectivity index (χ0n) is 16.1. The minimum atomic E-state index is -4.81. The van der Waals surface area contributed by atoms with Gasteiger partial charge in [-0.2, -0.15) is 26.3 Å². The first kappa shape index (κ1) is 24.0. The molecular formula is C19H28F6OSi. The Morgan fingerprint density at radius 3 is 1.59 bits per heavy atom. The van der Waals surface area contributed by atoms with Crippen LogP contribution >= 0.6 is 0 Å². The minimum absolute atomic E-state index is 0.0392. The fraction of sp³-hybridized carbons (Fsp3) is 0.684. The van der Waals surface area contributed by atoms with Gasteiger partial charge in [0.1, 0.15) is 0 Å². The average molecular weight is 415 g/mol. The molecule has 0 amide bonds. The van der Waals surface area contributed by atoms with Crippen molar-refractivity contribution in [3.05, 3.63) is 34.9 Å². The Hall–Kier alpha value is -1.02. The number of rotatable bonds is 8. The lowest BCUT2D eigenvalue weighted by Crippen LogP contribution is -2.41. The first-order chi connectivity index (χ1) is 12.2. The summed E-state index contributed by atoms with van der Waals surface area (Å²) in [6, 6.07) is 2.43. The lowest BCUT2D eigenvalue weighted by molar-refractivity contribution is -0.143. The maximum atomic E-state index is 12.9. The first-order valence-electron chi connectivity index (χ1n) is 9.18. The predicted molar refractivity (Wildman–Crippen MR) is 97.0 cm³/mol. The quantitative estimate of drug-likeness (QED) is 0.271. The predicted octanol–water partition coefficient (Wildman–Crippen LogP) is 7.19. The van der Waals surface area contributed by atoms with Crippen LogP contribution in [0.25, 0.3) is 0 Å². The van der Waals surface area contributed by atoms with Gasteiger partial charge in [-0.05, 0) is 53.7 Å². The third-order valence-corrected chi connectivity index (χ3v) is 10.3. The molecule has 0 aliphatic carbocycles. The van der Waals surface area contributed by atoms with Gasteiger partial charge in [0.25, 0.3) is 0 Å². The molecule has 0 saturated heterocycles. The standard InChI is InChI=1S/C19H28F6OSi/c1-13(2)27(26,14(3)4)9-7-5-6-8-15-10-16(18(20,21)22)12-17(11-15)19(23,24)25/h10-14,26H,5-9H2,1-4H3. The van der Waals surface area contributed by atoms with Crippen LogP contribution in [0.4, 0.5) is 26.3 Å². The Balaban J connectivity index is 2.75. The number of benzene rings is 1. The number of hydrogen-bond acceptors (Lipinski definition) is 1. The van der Waals surface area contributed by atoms with Crippen molar-refractivity contribution < 1.29 is 31.1 Å². The molecule has 156 valence electrons. The van der Waals surface area contributed by atoms with Gasteiger partial charge in [0.2, 0.25) is 0 Å². The van der Waals surface area contributed by atoms with Crippen LogP contribution < -0.4 is 0 Å². The maximum Gasteiger partial charge on any atom is 0.416 e. The molecule has 0 aliphatic heterocycles. The van der Waals surface area contributed by atoms with Crippen LogP contribution in [0.1, 0.15) is 63.6 Å². The zero-order valence-corrected chi connectivity index (χ0v) is 17.1. The molecule has 0 spiro atoms. The monoisotopic (exact) mass is 414 g/mol. The van der Waals surface area contributed by atoms with E-state index in [2.05, 4.69) is 0 Å². The molecule has 1 nitrogen and oxygen atoms in total. The van der Waals surface area contributed by atoms with E-state index in [1.807, 2.05) is 27.7 Å². The summed E-state index contributed by atoms with van der Waals surface area (Å²) >= 11 is 0. The van der Waals surface area contributed by atoms with E-state index in [9.17, 15) is 31.1 Å². The Morgan fingerprint density at radius 1 is 0.778 bits per heavy atom. The molecule has 0 atom stereocenters. The Labute approximate surface area is 157 Å². The fourth-order valence-electron chi connectivity index (χ4n) is 3.32. The summed E-state index contributed by atoms with van der Waals surface area (Å²) in [5.41, 5.74) is -2.09. The molecule has 1 rings (SSSR count). The van der Waals surface area contributed by atoms with Crippen molar-refractivity contribution in [3.8, 4) is 0 Å². The van der Waals surface area contributed by atoms with E-state index in [0.717, 1.165) is 18.6 Å². The van der Waals surface area contributed by atoms with Crippen molar-refractivity contribution in [1.29, 1.82) is 0 Å². The third kappa shape index (κ3) is 6.82. The summed E-state index contributed by atoms with van der Waals surface area (Å²) in [5, 5.41) is 0. The SMILES string of the molecule is CC(C)[Si](O)(CCCCCc1cc(C(F)(F)F)cc(C(F)(F)F)c1)C(C)C. The van der Waals surface area contributed by atoms with Gasteiger partial charge in [0.15, 0.2) is 8.32 Å². The highest BCUT2D eigenvalue weighted by molar-refractivity contribution is 6.75. The summed E-state index contributed by atoms with van der Waals surface area (Å²) < 4.78 is 77.2. The summed E-state index contributed by atoms with van der Waals surface area (Å²) in [6.07, 6.45) is -7.61. The summed E-state index contributed by atoms with van der Waals surface area (Å²) in [5.74, 6) is 0. The Morgan fingerprint density at radius 2 is 1.22 bits per heavy atom. The number of hydrogen-bond donors (Lipinski definition) is 1. The van der Waals surface area contributed by atoms with Gasteiger partial charge in [-0.3, -0.25) is 0 Å². The van der Waals surface area contributed by atoms with Crippen molar-refractivity contribution in [3.63, 3.8) is 0 Å². The van der Waals surface area contributed by atoms with Crippen molar-refractivity contribution in [2.24, 2.45) is 0 Å². The maximum absolute atomic E-state index is 12.9. The Kier molecular flexibility index (Phi) is 7.99. The molecule has 1 aromatic rings. The van der Waals surface area contributed by atoms with Crippen LogP contribution in [-0.2, 0) is 18.8 Å². The second-order valence-corrected chi connectivity index (χ2v) is 12.6. The van der Waals surface area contributed by atoms with Gasteiger partial charge in [-0.15, -0.1) is 0 Å². The van der Waals surface area contributed by atoms with Gasteiger partial charge in [0, 0.05) is 0 Å². The molecular weight excluding hydrogens is 386 g/mol. The van der Waals surface area contributed by atoms with E-state index in [4.69, 9.17) is 0 Å². The Bertz CT molecular complexity index is 567. The van der Waals surface area contributed by atoms with Gasteiger partial charge in [-0.1, -0.05) is 40.5 Å². The van der Waals surface area contributed by atoms with Crippen molar-refractivity contribution in [1.82, 2.24) is 0 Å². The molecule has 27 heavy (non-hydrogen) atoms. The largest absolute Gasteiger partial charge is 0.431 e. The summed E-state index contributed by atoms with van der Waals surface area (Å²) in [4.78, 5) is 10.8. The highest BCUT2D eigenvalue weighted by atomic mass is 28.4. The highest BCUT2D eigenvalue weighted by Crippen LogP contribution is 2.37. The minimum Gasteiger partial charge on any atom is -0.431 e. The molecule has 0 saturated carbocycles. The zero-order chi connectivity index (χ0) is 21.0. The van der Waals surface area contributed by atoms with E-state index in [0.29, 0.717) is 18.9 Å². The topological polar surface area (TPSA) is 20.2 Å². The van der Waals surface area contributed by atoms with E-state index in [1.54, 1.807) is 0 Å². The highest BCUT2D eigenvalue weighted by Gasteiger charge is 2.38.